The first-order valence-corrected chi connectivity index (χ1v) is 12.4. The molecule has 180 valence electrons. The summed E-state index contributed by atoms with van der Waals surface area (Å²) in [5.74, 6) is 2.42. The molecule has 5 rings (SSSR count). The average Bonchev–Trinajstić information content (AvgIpc) is 3.35. The monoisotopic (exact) mass is 482 g/mol. The summed E-state index contributed by atoms with van der Waals surface area (Å²) in [5.41, 5.74) is 3.00. The van der Waals surface area contributed by atoms with Crippen molar-refractivity contribution < 1.29 is 14.0 Å². The number of likely N-dealkylation sites (N-methyl/N-ethyl adjacent to an activating group) is 1. The van der Waals surface area contributed by atoms with Gasteiger partial charge in [0.1, 0.15) is 18.9 Å². The minimum absolute atomic E-state index is 0.571. The van der Waals surface area contributed by atoms with Crippen molar-refractivity contribution >= 4 is 17.3 Å². The largest absolute Gasteiger partial charge is 0.486 e. The highest BCUT2D eigenvalue weighted by Crippen LogP contribution is 2.34. The maximum absolute atomic E-state index is 6.16. The van der Waals surface area contributed by atoms with Crippen molar-refractivity contribution in [2.24, 2.45) is 0 Å². The minimum atomic E-state index is 0.571. The number of piperazine rings is 1. The summed E-state index contributed by atoms with van der Waals surface area (Å²) >= 11 is 6.16. The molecule has 2 aliphatic rings. The molecule has 3 heterocycles. The zero-order valence-electron chi connectivity index (χ0n) is 19.6. The van der Waals surface area contributed by atoms with E-state index >= 15 is 0 Å². The van der Waals surface area contributed by atoms with Crippen LogP contribution in [0.4, 0.5) is 5.69 Å². The fraction of sp³-hybridized carbons (Fsp3) is 0.423. The third-order valence-corrected chi connectivity index (χ3v) is 6.74. The molecule has 2 aromatic carbocycles. The van der Waals surface area contributed by atoms with E-state index < -0.39 is 0 Å². The Morgan fingerprint density at radius 3 is 2.59 bits per heavy atom. The normalized spacial score (nSPS) is 16.3. The Morgan fingerprint density at radius 2 is 1.79 bits per heavy atom. The van der Waals surface area contributed by atoms with Crippen LogP contribution in [-0.2, 0) is 6.54 Å². The van der Waals surface area contributed by atoms with E-state index in [2.05, 4.69) is 32.8 Å². The first-order chi connectivity index (χ1) is 16.7. The van der Waals surface area contributed by atoms with Crippen molar-refractivity contribution in [3.05, 3.63) is 59.3 Å². The summed E-state index contributed by atoms with van der Waals surface area (Å²) in [6.07, 6.45) is 0. The van der Waals surface area contributed by atoms with Crippen LogP contribution < -0.4 is 14.4 Å². The Hall–Kier alpha value is -2.74. The van der Waals surface area contributed by atoms with Crippen LogP contribution >= 0.6 is 11.6 Å². The van der Waals surface area contributed by atoms with E-state index in [0.29, 0.717) is 13.2 Å². The van der Waals surface area contributed by atoms with Crippen LogP contribution in [0.5, 0.6) is 11.5 Å². The molecular weight excluding hydrogens is 452 g/mol. The lowest BCUT2D eigenvalue weighted by atomic mass is 10.1. The first-order valence-electron chi connectivity index (χ1n) is 12.0. The van der Waals surface area contributed by atoms with E-state index in [1.807, 2.05) is 42.5 Å². The number of anilines is 1. The molecule has 1 fully saturated rings. The lowest BCUT2D eigenvalue weighted by Crippen LogP contribution is -2.48. The van der Waals surface area contributed by atoms with Gasteiger partial charge in [-0.1, -0.05) is 29.7 Å². The van der Waals surface area contributed by atoms with Gasteiger partial charge in [-0.2, -0.15) is 0 Å². The molecule has 2 aliphatic heterocycles. The average molecular weight is 483 g/mol. The molecular formula is C26H31ClN4O3. The maximum Gasteiger partial charge on any atom is 0.162 e. The second kappa shape index (κ2) is 10.7. The number of hydrogen-bond donors (Lipinski definition) is 0. The van der Waals surface area contributed by atoms with Crippen molar-refractivity contribution in [2.75, 3.05) is 63.9 Å². The smallest absolute Gasteiger partial charge is 0.162 e. The lowest BCUT2D eigenvalue weighted by molar-refractivity contribution is 0.171. The second-order valence-corrected chi connectivity index (χ2v) is 9.15. The van der Waals surface area contributed by atoms with E-state index in [1.165, 1.54) is 5.69 Å². The van der Waals surface area contributed by atoms with Crippen LogP contribution in [0.3, 0.4) is 0 Å². The highest BCUT2D eigenvalue weighted by atomic mass is 35.5. The van der Waals surface area contributed by atoms with Crippen LogP contribution in [0.1, 0.15) is 12.7 Å². The van der Waals surface area contributed by atoms with Gasteiger partial charge in [0.2, 0.25) is 0 Å². The second-order valence-electron chi connectivity index (χ2n) is 8.71. The van der Waals surface area contributed by atoms with Gasteiger partial charge in [-0.25, -0.2) is 0 Å². The SMILES string of the molecule is CCN(CCN1CCN(c2cccc(Cl)c2)CC1)Cc1cc(-c2ccc3c(c2)OCCO3)no1. The molecule has 0 bridgehead atoms. The topological polar surface area (TPSA) is 54.2 Å². The highest BCUT2D eigenvalue weighted by Gasteiger charge is 2.19. The Bertz CT molecular complexity index is 1100. The molecule has 0 radical (unpaired) electrons. The number of nitrogens with zero attached hydrogens (tertiary/aromatic N) is 4. The number of halogens is 1. The standard InChI is InChI=1S/C26H31ClN4O3/c1-2-29(8-9-30-10-12-31(13-11-30)22-5-3-4-21(27)17-22)19-23-18-24(28-34-23)20-6-7-25-26(16-20)33-15-14-32-25/h3-7,16-18H,2,8-15,19H2,1H3. The summed E-state index contributed by atoms with van der Waals surface area (Å²) in [6.45, 7) is 11.2. The Labute approximate surface area is 205 Å². The van der Waals surface area contributed by atoms with Crippen molar-refractivity contribution in [3.8, 4) is 22.8 Å². The molecule has 8 heteroatoms. The molecule has 1 aromatic heterocycles. The van der Waals surface area contributed by atoms with Crippen molar-refractivity contribution in [1.82, 2.24) is 15.0 Å². The number of ether oxygens (including phenoxy) is 2. The van der Waals surface area contributed by atoms with Gasteiger partial charge in [-0.3, -0.25) is 9.80 Å². The summed E-state index contributed by atoms with van der Waals surface area (Å²) in [5, 5.41) is 5.09. The van der Waals surface area contributed by atoms with Crippen LogP contribution in [-0.4, -0.2) is 74.0 Å². The van der Waals surface area contributed by atoms with E-state index in [-0.39, 0.29) is 0 Å². The molecule has 0 spiro atoms. The van der Waals surface area contributed by atoms with Crippen LogP contribution in [0.2, 0.25) is 5.02 Å². The minimum Gasteiger partial charge on any atom is -0.486 e. The molecule has 0 saturated carbocycles. The number of fused-ring (bicyclic) bond motifs is 1. The number of rotatable bonds is 8. The van der Waals surface area contributed by atoms with E-state index in [1.54, 1.807) is 0 Å². The molecule has 0 atom stereocenters. The third-order valence-electron chi connectivity index (χ3n) is 6.50. The Kier molecular flexibility index (Phi) is 7.23. The van der Waals surface area contributed by atoms with Crippen molar-refractivity contribution in [2.45, 2.75) is 13.5 Å². The molecule has 0 unspecified atom stereocenters. The van der Waals surface area contributed by atoms with Crippen LogP contribution in [0, 0.1) is 0 Å². The number of hydrogen-bond acceptors (Lipinski definition) is 7. The van der Waals surface area contributed by atoms with Gasteiger partial charge in [0.25, 0.3) is 0 Å². The van der Waals surface area contributed by atoms with Crippen molar-refractivity contribution in [1.29, 1.82) is 0 Å². The van der Waals surface area contributed by atoms with E-state index in [4.69, 9.17) is 25.6 Å². The molecule has 3 aromatic rings. The van der Waals surface area contributed by atoms with Crippen LogP contribution in [0.25, 0.3) is 11.3 Å². The Balaban J connectivity index is 1.12. The zero-order valence-corrected chi connectivity index (χ0v) is 20.3. The van der Waals surface area contributed by atoms with E-state index in [9.17, 15) is 0 Å². The molecule has 34 heavy (non-hydrogen) atoms. The van der Waals surface area contributed by atoms with Gasteiger partial charge in [0.15, 0.2) is 17.3 Å². The van der Waals surface area contributed by atoms with Gasteiger partial charge in [0.05, 0.1) is 6.54 Å². The lowest BCUT2D eigenvalue weighted by Gasteiger charge is -2.37. The molecule has 7 nitrogen and oxygen atoms in total. The van der Waals surface area contributed by atoms with Gasteiger partial charge in [-0.15, -0.1) is 0 Å². The van der Waals surface area contributed by atoms with Gasteiger partial charge in [0, 0.05) is 61.6 Å². The predicted molar refractivity (Wildman–Crippen MR) is 134 cm³/mol. The quantitative estimate of drug-likeness (QED) is 0.471. The summed E-state index contributed by atoms with van der Waals surface area (Å²) < 4.78 is 17.0. The maximum atomic E-state index is 6.16. The molecule has 0 N–H and O–H groups in total. The first kappa shape index (κ1) is 23.0. The summed E-state index contributed by atoms with van der Waals surface area (Å²) in [4.78, 5) is 7.34. The zero-order chi connectivity index (χ0) is 23.3. The molecule has 0 amide bonds. The molecule has 0 aliphatic carbocycles. The van der Waals surface area contributed by atoms with Gasteiger partial charge in [-0.05, 0) is 42.9 Å². The fourth-order valence-corrected chi connectivity index (χ4v) is 4.67. The highest BCUT2D eigenvalue weighted by molar-refractivity contribution is 6.30. The summed E-state index contributed by atoms with van der Waals surface area (Å²) in [7, 11) is 0. The van der Waals surface area contributed by atoms with Crippen LogP contribution in [0.15, 0.2) is 53.1 Å². The third kappa shape index (κ3) is 5.49. The molecule has 1 saturated heterocycles. The van der Waals surface area contributed by atoms with Crippen molar-refractivity contribution in [3.63, 3.8) is 0 Å². The summed E-state index contributed by atoms with van der Waals surface area (Å²) in [6, 6.07) is 16.1. The number of benzene rings is 2. The predicted octanol–water partition coefficient (Wildman–Crippen LogP) is 4.41. The van der Waals surface area contributed by atoms with Gasteiger partial charge >= 0.3 is 0 Å². The Morgan fingerprint density at radius 1 is 0.971 bits per heavy atom. The van der Waals surface area contributed by atoms with E-state index in [0.717, 1.165) is 85.9 Å². The van der Waals surface area contributed by atoms with Gasteiger partial charge < -0.3 is 18.9 Å². The number of aromatic nitrogens is 1. The fourth-order valence-electron chi connectivity index (χ4n) is 4.48.